The molecule has 1 aliphatic heterocycles. The molecule has 20 heavy (non-hydrogen) atoms. The maximum Gasteiger partial charge on any atom is 0.216 e. The van der Waals surface area contributed by atoms with E-state index in [0.29, 0.717) is 19.4 Å². The molecule has 0 amide bonds. The summed E-state index contributed by atoms with van der Waals surface area (Å²) in [5.41, 5.74) is 1.97. The highest BCUT2D eigenvalue weighted by atomic mass is 16.4. The summed E-state index contributed by atoms with van der Waals surface area (Å²) in [5.74, 6) is -1.15. The molecule has 0 bridgehead atoms. The molecular formula is C16H21NO3. The van der Waals surface area contributed by atoms with Crippen LogP contribution in [0, 0.1) is 5.92 Å². The van der Waals surface area contributed by atoms with Crippen LogP contribution in [0.25, 0.3) is 0 Å². The zero-order valence-corrected chi connectivity index (χ0v) is 11.9. The summed E-state index contributed by atoms with van der Waals surface area (Å²) in [6.45, 7) is 4.00. The van der Waals surface area contributed by atoms with Crippen molar-refractivity contribution in [1.29, 1.82) is 0 Å². The lowest BCUT2D eigenvalue weighted by Gasteiger charge is -2.29. The van der Waals surface area contributed by atoms with Crippen LogP contribution >= 0.6 is 0 Å². The fourth-order valence-electron chi connectivity index (χ4n) is 2.69. The molecule has 1 saturated heterocycles. The average Bonchev–Trinajstić information content (AvgIpc) is 2.48. The first-order chi connectivity index (χ1) is 9.60. The number of carboxylic acid groups (broad SMARTS) is 1. The SMILES string of the molecule is CCc1ccc(C(=O)C[NH+]2CCC(C(=O)[O-])CC2)cc1. The summed E-state index contributed by atoms with van der Waals surface area (Å²) >= 11 is 0. The number of quaternary nitrogens is 1. The molecular weight excluding hydrogens is 254 g/mol. The van der Waals surface area contributed by atoms with E-state index in [2.05, 4.69) is 6.92 Å². The second-order valence-electron chi connectivity index (χ2n) is 5.49. The van der Waals surface area contributed by atoms with Crippen molar-refractivity contribution in [3.8, 4) is 0 Å². The van der Waals surface area contributed by atoms with Gasteiger partial charge in [-0.25, -0.2) is 0 Å². The van der Waals surface area contributed by atoms with Gasteiger partial charge in [0, 0.05) is 30.3 Å². The number of ketones is 1. The molecule has 0 aliphatic carbocycles. The van der Waals surface area contributed by atoms with Crippen LogP contribution in [0.3, 0.4) is 0 Å². The van der Waals surface area contributed by atoms with Gasteiger partial charge in [-0.05, 0) is 12.0 Å². The van der Waals surface area contributed by atoms with Gasteiger partial charge in [-0.15, -0.1) is 0 Å². The number of benzene rings is 1. The molecule has 0 radical (unpaired) electrons. The van der Waals surface area contributed by atoms with Crippen LogP contribution in [0.5, 0.6) is 0 Å². The van der Waals surface area contributed by atoms with Gasteiger partial charge in [0.15, 0.2) is 0 Å². The zero-order valence-electron chi connectivity index (χ0n) is 11.9. The number of piperidine rings is 1. The Labute approximate surface area is 119 Å². The minimum Gasteiger partial charge on any atom is -0.550 e. The predicted octanol–water partition coefficient (Wildman–Crippen LogP) is -0.523. The van der Waals surface area contributed by atoms with E-state index in [1.54, 1.807) is 0 Å². The van der Waals surface area contributed by atoms with E-state index in [1.165, 1.54) is 10.5 Å². The van der Waals surface area contributed by atoms with Crippen molar-refractivity contribution in [2.45, 2.75) is 26.2 Å². The van der Waals surface area contributed by atoms with Crippen molar-refractivity contribution in [1.82, 2.24) is 0 Å². The maximum atomic E-state index is 12.2. The lowest BCUT2D eigenvalue weighted by molar-refractivity contribution is -0.897. The molecule has 2 rings (SSSR count). The Bertz CT molecular complexity index is 473. The molecule has 1 aliphatic rings. The standard InChI is InChI=1S/C16H21NO3/c1-2-12-3-5-13(6-4-12)15(18)11-17-9-7-14(8-10-17)16(19)20/h3-6,14H,2,7-11H2,1H3,(H,19,20). The van der Waals surface area contributed by atoms with Crippen LogP contribution in [0.2, 0.25) is 0 Å². The van der Waals surface area contributed by atoms with Gasteiger partial charge in [0.2, 0.25) is 5.78 Å². The molecule has 1 fully saturated rings. The van der Waals surface area contributed by atoms with E-state index >= 15 is 0 Å². The molecule has 1 N–H and O–H groups in total. The molecule has 1 heterocycles. The number of carbonyl (C=O) groups is 2. The number of likely N-dealkylation sites (tertiary alicyclic amines) is 1. The Hall–Kier alpha value is -1.68. The summed E-state index contributed by atoms with van der Waals surface area (Å²) < 4.78 is 0. The number of Topliss-reactive ketones (excluding diaryl/α,β-unsaturated/α-hetero) is 1. The van der Waals surface area contributed by atoms with Gasteiger partial charge in [0.05, 0.1) is 13.1 Å². The van der Waals surface area contributed by atoms with Crippen molar-refractivity contribution in [3.05, 3.63) is 35.4 Å². The quantitative estimate of drug-likeness (QED) is 0.735. The summed E-state index contributed by atoms with van der Waals surface area (Å²) in [7, 11) is 0. The number of carboxylic acids is 1. The van der Waals surface area contributed by atoms with Gasteiger partial charge in [-0.1, -0.05) is 31.2 Å². The average molecular weight is 275 g/mol. The predicted molar refractivity (Wildman–Crippen MR) is 73.4 cm³/mol. The first-order valence-electron chi connectivity index (χ1n) is 7.26. The Balaban J connectivity index is 1.87. The number of carbonyl (C=O) groups excluding carboxylic acids is 2. The van der Waals surface area contributed by atoms with Crippen LogP contribution in [0.4, 0.5) is 0 Å². The zero-order chi connectivity index (χ0) is 14.5. The second kappa shape index (κ2) is 6.66. The van der Waals surface area contributed by atoms with Crippen LogP contribution < -0.4 is 10.0 Å². The molecule has 4 nitrogen and oxygen atoms in total. The third kappa shape index (κ3) is 3.67. The minimum absolute atomic E-state index is 0.134. The highest BCUT2D eigenvalue weighted by Gasteiger charge is 2.24. The van der Waals surface area contributed by atoms with Gasteiger partial charge in [0.25, 0.3) is 0 Å². The largest absolute Gasteiger partial charge is 0.550 e. The van der Waals surface area contributed by atoms with Crippen LogP contribution in [0.1, 0.15) is 35.7 Å². The third-order valence-electron chi connectivity index (χ3n) is 4.12. The van der Waals surface area contributed by atoms with E-state index in [-0.39, 0.29) is 11.7 Å². The lowest BCUT2D eigenvalue weighted by atomic mass is 9.96. The van der Waals surface area contributed by atoms with Crippen molar-refractivity contribution in [3.63, 3.8) is 0 Å². The highest BCUT2D eigenvalue weighted by molar-refractivity contribution is 5.96. The second-order valence-corrected chi connectivity index (χ2v) is 5.49. The molecule has 0 spiro atoms. The van der Waals surface area contributed by atoms with Gasteiger partial charge in [-0.3, -0.25) is 4.79 Å². The molecule has 1 aromatic rings. The van der Waals surface area contributed by atoms with Crippen LogP contribution in [0.15, 0.2) is 24.3 Å². The molecule has 1 aromatic carbocycles. The van der Waals surface area contributed by atoms with Crippen LogP contribution in [-0.2, 0) is 11.2 Å². The number of hydrogen-bond acceptors (Lipinski definition) is 3. The molecule has 0 unspecified atom stereocenters. The lowest BCUT2D eigenvalue weighted by Crippen LogP contribution is -3.14. The normalized spacial score (nSPS) is 22.4. The smallest absolute Gasteiger partial charge is 0.216 e. The summed E-state index contributed by atoms with van der Waals surface area (Å²) in [5, 5.41) is 10.8. The van der Waals surface area contributed by atoms with Crippen molar-refractivity contribution in [2.75, 3.05) is 19.6 Å². The number of nitrogens with one attached hydrogen (secondary N) is 1. The molecule has 0 saturated carbocycles. The maximum absolute atomic E-state index is 12.2. The number of rotatable bonds is 5. The molecule has 0 aromatic heterocycles. The summed E-state index contributed by atoms with van der Waals surface area (Å²) in [6, 6.07) is 7.75. The Kier molecular flexibility index (Phi) is 4.90. The van der Waals surface area contributed by atoms with Gasteiger partial charge in [0.1, 0.15) is 6.54 Å². The number of aryl methyl sites for hydroxylation is 1. The van der Waals surface area contributed by atoms with E-state index in [1.807, 2.05) is 24.3 Å². The molecule has 108 valence electrons. The topological polar surface area (TPSA) is 61.6 Å². The Morgan fingerprint density at radius 1 is 1.20 bits per heavy atom. The first kappa shape index (κ1) is 14.7. The van der Waals surface area contributed by atoms with Gasteiger partial charge < -0.3 is 14.8 Å². The summed E-state index contributed by atoms with van der Waals surface area (Å²) in [6.07, 6.45) is 2.19. The Morgan fingerprint density at radius 3 is 2.30 bits per heavy atom. The summed E-state index contributed by atoms with van der Waals surface area (Å²) in [4.78, 5) is 24.1. The highest BCUT2D eigenvalue weighted by Crippen LogP contribution is 2.08. The fraction of sp³-hybridized carbons (Fsp3) is 0.500. The van der Waals surface area contributed by atoms with E-state index in [4.69, 9.17) is 0 Å². The first-order valence-corrected chi connectivity index (χ1v) is 7.26. The van der Waals surface area contributed by atoms with Gasteiger partial charge >= 0.3 is 0 Å². The van der Waals surface area contributed by atoms with Gasteiger partial charge in [-0.2, -0.15) is 0 Å². The third-order valence-corrected chi connectivity index (χ3v) is 4.12. The van der Waals surface area contributed by atoms with Crippen molar-refractivity contribution >= 4 is 11.8 Å². The van der Waals surface area contributed by atoms with E-state index in [9.17, 15) is 14.7 Å². The fourth-order valence-corrected chi connectivity index (χ4v) is 2.69. The van der Waals surface area contributed by atoms with Crippen molar-refractivity contribution in [2.24, 2.45) is 5.92 Å². The number of hydrogen-bond donors (Lipinski definition) is 1. The molecule has 4 heteroatoms. The minimum atomic E-state index is -0.953. The number of aliphatic carboxylic acids is 1. The monoisotopic (exact) mass is 275 g/mol. The van der Waals surface area contributed by atoms with E-state index in [0.717, 1.165) is 25.1 Å². The van der Waals surface area contributed by atoms with Crippen molar-refractivity contribution < 1.29 is 19.6 Å². The molecule has 0 atom stereocenters. The van der Waals surface area contributed by atoms with Crippen LogP contribution in [-0.4, -0.2) is 31.4 Å². The van der Waals surface area contributed by atoms with E-state index < -0.39 is 5.97 Å². The Morgan fingerprint density at radius 2 is 1.80 bits per heavy atom.